The van der Waals surface area contributed by atoms with Crippen LogP contribution in [0.1, 0.15) is 31.2 Å². The third-order valence-electron chi connectivity index (χ3n) is 1.62. The molecule has 0 fully saturated rings. The average Bonchev–Trinajstić information content (AvgIpc) is 2.29. The zero-order chi connectivity index (χ0) is 10.2. The molecule has 0 saturated heterocycles. The summed E-state index contributed by atoms with van der Waals surface area (Å²) < 4.78 is 36.7. The molecule has 0 radical (unpaired) electrons. The van der Waals surface area contributed by atoms with E-state index >= 15 is 0 Å². The fourth-order valence-electron chi connectivity index (χ4n) is 1.05. The molecule has 0 bridgehead atoms. The largest absolute Gasteiger partial charge is 0.433 e. The third-order valence-corrected chi connectivity index (χ3v) is 1.62. The molecule has 13 heavy (non-hydrogen) atoms. The molecule has 1 aromatic rings. The van der Waals surface area contributed by atoms with E-state index in [1.54, 1.807) is 18.8 Å². The Hall–Kier alpha value is -1.20. The van der Waals surface area contributed by atoms with Crippen LogP contribution in [0.4, 0.5) is 13.2 Å². The monoisotopic (exact) mass is 194 g/mol. The molecule has 0 amide bonds. The number of nitrogens with one attached hydrogen (secondary N) is 2. The van der Waals surface area contributed by atoms with Crippen molar-refractivity contribution >= 4 is 0 Å². The van der Waals surface area contributed by atoms with Gasteiger partial charge in [0.15, 0.2) is 0 Å². The number of imidazole rings is 1. The predicted octanol–water partition coefficient (Wildman–Crippen LogP) is 1.85. The molecule has 0 aliphatic heterocycles. The lowest BCUT2D eigenvalue weighted by atomic mass is 10.1. The highest BCUT2D eigenvalue weighted by molar-refractivity contribution is 5.17. The van der Waals surface area contributed by atoms with Crippen molar-refractivity contribution in [3.05, 3.63) is 21.9 Å². The molecule has 0 aromatic carbocycles. The Bertz CT molecular complexity index is 347. The SMILES string of the molecule is CC(C)c1[nH]c(=O)[nH]c1C(F)(F)F. The van der Waals surface area contributed by atoms with Gasteiger partial charge in [-0.3, -0.25) is 0 Å². The van der Waals surface area contributed by atoms with Crippen LogP contribution in [0, 0.1) is 0 Å². The molecule has 1 heterocycles. The number of hydrogen-bond acceptors (Lipinski definition) is 1. The average molecular weight is 194 g/mol. The number of rotatable bonds is 1. The second-order valence-corrected chi connectivity index (χ2v) is 3.02. The first kappa shape index (κ1) is 9.88. The van der Waals surface area contributed by atoms with Crippen molar-refractivity contribution < 1.29 is 13.2 Å². The summed E-state index contributed by atoms with van der Waals surface area (Å²) in [4.78, 5) is 14.5. The number of alkyl halides is 3. The summed E-state index contributed by atoms with van der Waals surface area (Å²) in [7, 11) is 0. The van der Waals surface area contributed by atoms with Crippen molar-refractivity contribution in [2.75, 3.05) is 0 Å². The second-order valence-electron chi connectivity index (χ2n) is 3.02. The normalized spacial score (nSPS) is 12.5. The van der Waals surface area contributed by atoms with E-state index in [4.69, 9.17) is 0 Å². The van der Waals surface area contributed by atoms with Gasteiger partial charge in [-0.05, 0) is 5.92 Å². The second kappa shape index (κ2) is 2.93. The van der Waals surface area contributed by atoms with Crippen LogP contribution in [0.25, 0.3) is 0 Å². The maximum absolute atomic E-state index is 12.2. The number of aromatic amines is 2. The smallest absolute Gasteiger partial charge is 0.309 e. The number of halogens is 3. The third kappa shape index (κ3) is 1.93. The van der Waals surface area contributed by atoms with Gasteiger partial charge >= 0.3 is 11.9 Å². The van der Waals surface area contributed by atoms with Gasteiger partial charge in [-0.15, -0.1) is 0 Å². The highest BCUT2D eigenvalue weighted by atomic mass is 19.4. The molecule has 0 atom stereocenters. The van der Waals surface area contributed by atoms with E-state index in [1.165, 1.54) is 0 Å². The first-order valence-corrected chi connectivity index (χ1v) is 3.71. The van der Waals surface area contributed by atoms with E-state index in [9.17, 15) is 18.0 Å². The van der Waals surface area contributed by atoms with Crippen LogP contribution < -0.4 is 5.69 Å². The van der Waals surface area contributed by atoms with Gasteiger partial charge in [0.05, 0.1) is 5.69 Å². The molecule has 2 N–H and O–H groups in total. The van der Waals surface area contributed by atoms with Crippen LogP contribution in [-0.4, -0.2) is 9.97 Å². The van der Waals surface area contributed by atoms with Gasteiger partial charge in [0.1, 0.15) is 5.69 Å². The minimum atomic E-state index is -4.50. The van der Waals surface area contributed by atoms with E-state index < -0.39 is 17.6 Å². The summed E-state index contributed by atoms with van der Waals surface area (Å²) >= 11 is 0. The van der Waals surface area contributed by atoms with Gasteiger partial charge in [-0.25, -0.2) is 4.79 Å². The Labute approximate surface area is 72.0 Å². The maximum Gasteiger partial charge on any atom is 0.433 e. The summed E-state index contributed by atoms with van der Waals surface area (Å²) in [5, 5.41) is 0. The van der Waals surface area contributed by atoms with Crippen molar-refractivity contribution in [2.45, 2.75) is 25.9 Å². The van der Waals surface area contributed by atoms with Gasteiger partial charge in [0.25, 0.3) is 0 Å². The van der Waals surface area contributed by atoms with Crippen molar-refractivity contribution in [1.29, 1.82) is 0 Å². The first-order chi connectivity index (χ1) is 5.82. The Morgan fingerprint density at radius 2 is 1.77 bits per heavy atom. The van der Waals surface area contributed by atoms with Crippen molar-refractivity contribution in [1.82, 2.24) is 9.97 Å². The van der Waals surface area contributed by atoms with Crippen molar-refractivity contribution in [3.8, 4) is 0 Å². The lowest BCUT2D eigenvalue weighted by Crippen LogP contribution is -2.10. The van der Waals surface area contributed by atoms with Gasteiger partial charge < -0.3 is 9.97 Å². The van der Waals surface area contributed by atoms with E-state index in [2.05, 4.69) is 4.98 Å². The standard InChI is InChI=1S/C7H9F3N2O/c1-3(2)4-5(7(8,9)10)12-6(13)11-4/h3H,1-2H3,(H2,11,12,13). The molecule has 74 valence electrons. The topological polar surface area (TPSA) is 48.6 Å². The van der Waals surface area contributed by atoms with E-state index in [1.807, 2.05) is 0 Å². The van der Waals surface area contributed by atoms with Gasteiger partial charge in [-0.1, -0.05) is 13.8 Å². The minimum Gasteiger partial charge on any atom is -0.309 e. The number of hydrogen-bond donors (Lipinski definition) is 2. The molecular formula is C7H9F3N2O. The first-order valence-electron chi connectivity index (χ1n) is 3.71. The fourth-order valence-corrected chi connectivity index (χ4v) is 1.05. The van der Waals surface area contributed by atoms with E-state index in [-0.39, 0.29) is 11.6 Å². The summed E-state index contributed by atoms with van der Waals surface area (Å²) in [5.74, 6) is -0.365. The molecular weight excluding hydrogens is 185 g/mol. The lowest BCUT2D eigenvalue weighted by Gasteiger charge is -2.08. The van der Waals surface area contributed by atoms with Gasteiger partial charge in [0.2, 0.25) is 0 Å². The quantitative estimate of drug-likeness (QED) is 0.704. The molecule has 1 aromatic heterocycles. The number of H-pyrrole nitrogens is 2. The van der Waals surface area contributed by atoms with E-state index in [0.29, 0.717) is 0 Å². The molecule has 6 heteroatoms. The summed E-state index contributed by atoms with van der Waals surface area (Å²) in [6, 6.07) is 0. The molecule has 0 spiro atoms. The fraction of sp³-hybridized carbons (Fsp3) is 0.571. The predicted molar refractivity (Wildman–Crippen MR) is 40.5 cm³/mol. The van der Waals surface area contributed by atoms with Crippen LogP contribution in [-0.2, 0) is 6.18 Å². The molecule has 0 unspecified atom stereocenters. The summed E-state index contributed by atoms with van der Waals surface area (Å²) in [6.45, 7) is 3.16. The van der Waals surface area contributed by atoms with Gasteiger partial charge in [0, 0.05) is 0 Å². The summed E-state index contributed by atoms with van der Waals surface area (Å²) in [5.41, 5.74) is -1.90. The Morgan fingerprint density at radius 3 is 2.08 bits per heavy atom. The Morgan fingerprint density at radius 1 is 1.23 bits per heavy atom. The minimum absolute atomic E-state index is 0.0995. The zero-order valence-corrected chi connectivity index (χ0v) is 7.12. The molecule has 3 nitrogen and oxygen atoms in total. The van der Waals surface area contributed by atoms with Crippen molar-refractivity contribution in [3.63, 3.8) is 0 Å². The zero-order valence-electron chi connectivity index (χ0n) is 7.12. The Kier molecular flexibility index (Phi) is 2.23. The summed E-state index contributed by atoms with van der Waals surface area (Å²) in [6.07, 6.45) is -4.50. The van der Waals surface area contributed by atoms with E-state index in [0.717, 1.165) is 0 Å². The van der Waals surface area contributed by atoms with Crippen molar-refractivity contribution in [2.24, 2.45) is 0 Å². The highest BCUT2D eigenvalue weighted by Crippen LogP contribution is 2.31. The molecule has 0 saturated carbocycles. The van der Waals surface area contributed by atoms with Crippen LogP contribution in [0.5, 0.6) is 0 Å². The van der Waals surface area contributed by atoms with Crippen LogP contribution in [0.2, 0.25) is 0 Å². The highest BCUT2D eigenvalue weighted by Gasteiger charge is 2.36. The molecule has 0 aliphatic carbocycles. The van der Waals surface area contributed by atoms with Gasteiger partial charge in [-0.2, -0.15) is 13.2 Å². The van der Waals surface area contributed by atoms with Crippen LogP contribution in [0.3, 0.4) is 0 Å². The lowest BCUT2D eigenvalue weighted by molar-refractivity contribution is -0.141. The molecule has 0 aliphatic rings. The Balaban J connectivity index is 3.28. The van der Waals surface area contributed by atoms with Crippen LogP contribution in [0.15, 0.2) is 4.79 Å². The van der Waals surface area contributed by atoms with Crippen LogP contribution >= 0.6 is 0 Å². The maximum atomic E-state index is 12.2. The number of aromatic nitrogens is 2. The molecule has 1 rings (SSSR count).